The number of rotatable bonds is 5. The predicted molar refractivity (Wildman–Crippen MR) is 115 cm³/mol. The molecule has 1 N–H and O–H groups in total. The minimum atomic E-state index is -3.54. The second kappa shape index (κ2) is 8.21. The molecule has 0 spiro atoms. The lowest BCUT2D eigenvalue weighted by atomic mass is 9.99. The number of nitrogens with one attached hydrogen (secondary N) is 1. The maximum atomic E-state index is 12.7. The number of hydrogen-bond acceptors (Lipinski definition) is 7. The van der Waals surface area contributed by atoms with Crippen LogP contribution in [0.5, 0.6) is 0 Å². The summed E-state index contributed by atoms with van der Waals surface area (Å²) < 4.78 is 27.8. The molecular formula is C17H16ClN3O3S4. The Hall–Kier alpha value is -1.30. The van der Waals surface area contributed by atoms with Gasteiger partial charge in [-0.3, -0.25) is 4.79 Å². The fourth-order valence-corrected chi connectivity index (χ4v) is 7.48. The summed E-state index contributed by atoms with van der Waals surface area (Å²) in [4.78, 5) is 18.1. The van der Waals surface area contributed by atoms with Gasteiger partial charge in [-0.05, 0) is 36.4 Å². The first-order chi connectivity index (χ1) is 13.4. The number of thiazole rings is 1. The highest BCUT2D eigenvalue weighted by Crippen LogP contribution is 2.33. The van der Waals surface area contributed by atoms with Crippen LogP contribution in [-0.4, -0.2) is 36.7 Å². The van der Waals surface area contributed by atoms with E-state index in [0.29, 0.717) is 33.1 Å². The standard InChI is InChI=1S/C17H16ClN3O3S4/c18-14-6-5-13(27-14)12-10-26-17(19-12)20-16(22)11-3-1-7-21(9-11)28(23,24)15-4-2-8-25-15/h2,4-6,8,10-11H,1,3,7,9H2,(H,19,20,22). The summed E-state index contributed by atoms with van der Waals surface area (Å²) in [6, 6.07) is 7.01. The van der Waals surface area contributed by atoms with Crippen LogP contribution in [0, 0.1) is 5.92 Å². The van der Waals surface area contributed by atoms with E-state index in [1.54, 1.807) is 17.5 Å². The molecule has 1 aliphatic rings. The summed E-state index contributed by atoms with van der Waals surface area (Å²) in [5, 5.41) is 6.94. The third-order valence-corrected chi connectivity index (χ3v) is 9.65. The van der Waals surface area contributed by atoms with E-state index in [4.69, 9.17) is 11.6 Å². The van der Waals surface area contributed by atoms with Crippen LogP contribution in [0.2, 0.25) is 4.34 Å². The van der Waals surface area contributed by atoms with Crippen LogP contribution in [-0.2, 0) is 14.8 Å². The van der Waals surface area contributed by atoms with Gasteiger partial charge in [0.05, 0.1) is 20.8 Å². The zero-order chi connectivity index (χ0) is 19.7. The third kappa shape index (κ3) is 4.17. The second-order valence-electron chi connectivity index (χ2n) is 6.27. The van der Waals surface area contributed by atoms with Gasteiger partial charge in [0.25, 0.3) is 10.0 Å². The number of piperidine rings is 1. The van der Waals surface area contributed by atoms with Crippen LogP contribution in [0.3, 0.4) is 0 Å². The molecule has 28 heavy (non-hydrogen) atoms. The number of carbonyl (C=O) groups is 1. The van der Waals surface area contributed by atoms with Crippen LogP contribution < -0.4 is 5.32 Å². The SMILES string of the molecule is O=C(Nc1nc(-c2ccc(Cl)s2)cs1)C1CCCN(S(=O)(=O)c2cccs2)C1. The van der Waals surface area contributed by atoms with Crippen molar-refractivity contribution in [1.82, 2.24) is 9.29 Å². The normalized spacial score (nSPS) is 18.2. The highest BCUT2D eigenvalue weighted by atomic mass is 35.5. The molecule has 0 aromatic carbocycles. The van der Waals surface area contributed by atoms with E-state index < -0.39 is 15.9 Å². The molecular weight excluding hydrogens is 458 g/mol. The highest BCUT2D eigenvalue weighted by molar-refractivity contribution is 7.91. The molecule has 0 radical (unpaired) electrons. The fourth-order valence-electron chi connectivity index (χ4n) is 3.02. The van der Waals surface area contributed by atoms with E-state index in [9.17, 15) is 13.2 Å². The molecule has 0 bridgehead atoms. The smallest absolute Gasteiger partial charge is 0.252 e. The van der Waals surface area contributed by atoms with Crippen LogP contribution in [0.4, 0.5) is 5.13 Å². The molecule has 0 aliphatic carbocycles. The highest BCUT2D eigenvalue weighted by Gasteiger charge is 2.34. The minimum Gasteiger partial charge on any atom is -0.302 e. The Morgan fingerprint density at radius 1 is 1.29 bits per heavy atom. The zero-order valence-corrected chi connectivity index (χ0v) is 18.5. The summed E-state index contributed by atoms with van der Waals surface area (Å²) in [6.45, 7) is 0.620. The van der Waals surface area contributed by atoms with Gasteiger partial charge in [0.2, 0.25) is 5.91 Å². The minimum absolute atomic E-state index is 0.185. The molecule has 4 rings (SSSR count). The van der Waals surface area contributed by atoms with Crippen molar-refractivity contribution >= 4 is 66.7 Å². The molecule has 0 saturated carbocycles. The fraction of sp³-hybridized carbons (Fsp3) is 0.294. The number of carbonyl (C=O) groups excluding carboxylic acids is 1. The summed E-state index contributed by atoms with van der Waals surface area (Å²) in [5.41, 5.74) is 0.766. The van der Waals surface area contributed by atoms with Crippen LogP contribution in [0.1, 0.15) is 12.8 Å². The number of amides is 1. The van der Waals surface area contributed by atoms with Crippen molar-refractivity contribution < 1.29 is 13.2 Å². The summed E-state index contributed by atoms with van der Waals surface area (Å²) in [6.07, 6.45) is 1.31. The molecule has 1 amide bonds. The average Bonchev–Trinajstić information content (AvgIpc) is 3.43. The van der Waals surface area contributed by atoms with Gasteiger partial charge in [-0.1, -0.05) is 17.7 Å². The van der Waals surface area contributed by atoms with E-state index in [1.165, 1.54) is 38.3 Å². The van der Waals surface area contributed by atoms with Crippen LogP contribution >= 0.6 is 45.6 Å². The molecule has 3 aromatic rings. The van der Waals surface area contributed by atoms with E-state index in [0.717, 1.165) is 10.6 Å². The lowest BCUT2D eigenvalue weighted by Crippen LogP contribution is -2.43. The molecule has 1 atom stereocenters. The molecule has 11 heteroatoms. The van der Waals surface area contributed by atoms with Crippen molar-refractivity contribution in [3.05, 3.63) is 39.4 Å². The maximum absolute atomic E-state index is 12.7. The Bertz CT molecular complexity index is 1080. The summed E-state index contributed by atoms with van der Waals surface area (Å²) in [5.74, 6) is -0.594. The Balaban J connectivity index is 1.43. The number of sulfonamides is 1. The molecule has 6 nitrogen and oxygen atoms in total. The second-order valence-corrected chi connectivity index (χ2v) is 12.0. The largest absolute Gasteiger partial charge is 0.302 e. The lowest BCUT2D eigenvalue weighted by molar-refractivity contribution is -0.120. The van der Waals surface area contributed by atoms with Gasteiger partial charge in [0, 0.05) is 18.5 Å². The molecule has 148 valence electrons. The van der Waals surface area contributed by atoms with Gasteiger partial charge in [0.15, 0.2) is 5.13 Å². The number of aromatic nitrogens is 1. The predicted octanol–water partition coefficient (Wildman–Crippen LogP) is 4.63. The Morgan fingerprint density at radius 3 is 2.86 bits per heavy atom. The van der Waals surface area contributed by atoms with Gasteiger partial charge in [0.1, 0.15) is 4.21 Å². The maximum Gasteiger partial charge on any atom is 0.252 e. The van der Waals surface area contributed by atoms with Crippen molar-refractivity contribution in [1.29, 1.82) is 0 Å². The van der Waals surface area contributed by atoms with E-state index in [2.05, 4.69) is 10.3 Å². The van der Waals surface area contributed by atoms with Crippen molar-refractivity contribution in [2.75, 3.05) is 18.4 Å². The first-order valence-corrected chi connectivity index (χ1v) is 12.9. The molecule has 4 heterocycles. The number of halogens is 1. The topological polar surface area (TPSA) is 79.4 Å². The van der Waals surface area contributed by atoms with E-state index >= 15 is 0 Å². The van der Waals surface area contributed by atoms with Gasteiger partial charge < -0.3 is 5.32 Å². The summed E-state index contributed by atoms with van der Waals surface area (Å²) in [7, 11) is -3.54. The Labute approximate surface area is 179 Å². The van der Waals surface area contributed by atoms with Gasteiger partial charge in [-0.25, -0.2) is 13.4 Å². The van der Waals surface area contributed by atoms with Crippen LogP contribution in [0.25, 0.3) is 10.6 Å². The average molecular weight is 474 g/mol. The Morgan fingerprint density at radius 2 is 2.14 bits per heavy atom. The molecule has 1 fully saturated rings. The van der Waals surface area contributed by atoms with Crippen molar-refractivity contribution in [2.45, 2.75) is 17.1 Å². The lowest BCUT2D eigenvalue weighted by Gasteiger charge is -2.30. The van der Waals surface area contributed by atoms with Gasteiger partial charge >= 0.3 is 0 Å². The van der Waals surface area contributed by atoms with E-state index in [1.807, 2.05) is 17.5 Å². The molecule has 1 saturated heterocycles. The number of hydrogen-bond donors (Lipinski definition) is 1. The molecule has 1 unspecified atom stereocenters. The molecule has 3 aromatic heterocycles. The number of nitrogens with zero attached hydrogens (tertiary/aromatic N) is 2. The van der Waals surface area contributed by atoms with Crippen molar-refractivity contribution in [3.63, 3.8) is 0 Å². The molecule has 1 aliphatic heterocycles. The zero-order valence-electron chi connectivity index (χ0n) is 14.5. The third-order valence-electron chi connectivity index (χ3n) is 4.40. The summed E-state index contributed by atoms with van der Waals surface area (Å²) >= 11 is 9.92. The van der Waals surface area contributed by atoms with Crippen molar-refractivity contribution in [2.24, 2.45) is 5.92 Å². The number of thiophene rings is 2. The monoisotopic (exact) mass is 473 g/mol. The van der Waals surface area contributed by atoms with Crippen molar-refractivity contribution in [3.8, 4) is 10.6 Å². The van der Waals surface area contributed by atoms with Gasteiger partial charge in [-0.2, -0.15) is 4.31 Å². The first kappa shape index (κ1) is 20.0. The quantitative estimate of drug-likeness (QED) is 0.586. The first-order valence-electron chi connectivity index (χ1n) is 8.49. The van der Waals surface area contributed by atoms with Crippen LogP contribution in [0.15, 0.2) is 39.2 Å². The van der Waals surface area contributed by atoms with Gasteiger partial charge in [-0.15, -0.1) is 34.0 Å². The Kier molecular flexibility index (Phi) is 5.86. The van der Waals surface area contributed by atoms with E-state index in [-0.39, 0.29) is 12.5 Å². The number of anilines is 1.